The summed E-state index contributed by atoms with van der Waals surface area (Å²) in [5.41, 5.74) is 0. The number of hydrogen-bond acceptors (Lipinski definition) is 4. The van der Waals surface area contributed by atoms with Crippen molar-refractivity contribution in [3.05, 3.63) is 0 Å². The Balaban J connectivity index is 1.45. The van der Waals surface area contributed by atoms with Crippen LogP contribution in [0.15, 0.2) is 0 Å². The zero-order chi connectivity index (χ0) is 13.2. The molecule has 2 atom stereocenters. The third-order valence-electron chi connectivity index (χ3n) is 4.90. The number of hydrogen-bond donors (Lipinski definition) is 1. The molecule has 0 aromatic heterocycles. The van der Waals surface area contributed by atoms with Crippen LogP contribution in [0.25, 0.3) is 0 Å². The molecule has 19 heavy (non-hydrogen) atoms. The predicted molar refractivity (Wildman–Crippen MR) is 75.0 cm³/mol. The topological polar surface area (TPSA) is 38.8 Å². The zero-order valence-electron chi connectivity index (χ0n) is 12.0. The third kappa shape index (κ3) is 3.09. The second kappa shape index (κ2) is 5.77. The fraction of sp³-hybridized carbons (Fsp3) is 0.929. The van der Waals surface area contributed by atoms with Crippen molar-refractivity contribution in [3.8, 4) is 0 Å². The number of amides is 1. The van der Waals surface area contributed by atoms with Gasteiger partial charge in [-0.1, -0.05) is 0 Å². The molecule has 4 aliphatic heterocycles. The van der Waals surface area contributed by atoms with Gasteiger partial charge in [-0.3, -0.25) is 14.6 Å². The lowest BCUT2D eigenvalue weighted by molar-refractivity contribution is -0.127. The smallest absolute Gasteiger partial charge is 0.224 e. The predicted octanol–water partition coefficient (Wildman–Crippen LogP) is -0.556. The average molecular weight is 266 g/mol. The first-order chi connectivity index (χ1) is 9.22. The van der Waals surface area contributed by atoms with Gasteiger partial charge in [-0.25, -0.2) is 0 Å². The molecule has 0 aromatic carbocycles. The molecule has 0 radical (unpaired) electrons. The second-order valence-corrected chi connectivity index (χ2v) is 6.34. The molecule has 0 spiro atoms. The summed E-state index contributed by atoms with van der Waals surface area (Å²) in [5.74, 6) is 0.471. The first-order valence-corrected chi connectivity index (χ1v) is 7.65. The number of nitrogens with one attached hydrogen (secondary N) is 1. The molecule has 108 valence electrons. The number of likely N-dealkylation sites (tertiary alicyclic amines) is 1. The lowest BCUT2D eigenvalue weighted by Gasteiger charge is -2.47. The van der Waals surface area contributed by atoms with Gasteiger partial charge in [-0.2, -0.15) is 0 Å². The summed E-state index contributed by atoms with van der Waals surface area (Å²) in [5, 5.41) is 3.19. The highest BCUT2D eigenvalue weighted by atomic mass is 16.1. The van der Waals surface area contributed by atoms with Crippen LogP contribution in [0, 0.1) is 5.92 Å². The molecule has 4 heterocycles. The lowest BCUT2D eigenvalue weighted by atomic mass is 9.97. The second-order valence-electron chi connectivity index (χ2n) is 6.34. The van der Waals surface area contributed by atoms with E-state index in [1.807, 2.05) is 0 Å². The van der Waals surface area contributed by atoms with Crippen molar-refractivity contribution < 1.29 is 4.79 Å². The maximum Gasteiger partial charge on any atom is 0.224 e. The molecular formula is C14H26N4O. The summed E-state index contributed by atoms with van der Waals surface area (Å²) >= 11 is 0. The monoisotopic (exact) mass is 266 g/mol. The standard InChI is InChI=1S/C14H26N4O/c1-16-4-2-3-12(10-16)14(19)15-9-13-11-17-5-7-18(13)8-6-17/h12-13H,2-11H2,1H3,(H,15,19). The molecule has 1 N–H and O–H groups in total. The zero-order valence-corrected chi connectivity index (χ0v) is 12.0. The molecule has 4 saturated heterocycles. The normalized spacial score (nSPS) is 39.2. The van der Waals surface area contributed by atoms with Gasteiger partial charge in [0.05, 0.1) is 5.92 Å². The highest BCUT2D eigenvalue weighted by Crippen LogP contribution is 2.17. The third-order valence-corrected chi connectivity index (χ3v) is 4.90. The van der Waals surface area contributed by atoms with Crippen LogP contribution in [0.3, 0.4) is 0 Å². The van der Waals surface area contributed by atoms with Crippen LogP contribution in [0.2, 0.25) is 0 Å². The van der Waals surface area contributed by atoms with Crippen LogP contribution in [0.5, 0.6) is 0 Å². The van der Waals surface area contributed by atoms with Gasteiger partial charge >= 0.3 is 0 Å². The van der Waals surface area contributed by atoms with E-state index in [4.69, 9.17) is 0 Å². The van der Waals surface area contributed by atoms with E-state index in [1.165, 1.54) is 26.2 Å². The van der Waals surface area contributed by atoms with E-state index in [0.29, 0.717) is 6.04 Å². The summed E-state index contributed by atoms with van der Waals surface area (Å²) in [7, 11) is 2.11. The van der Waals surface area contributed by atoms with Gasteiger partial charge in [0.25, 0.3) is 0 Å². The van der Waals surface area contributed by atoms with E-state index in [2.05, 4.69) is 27.1 Å². The highest BCUT2D eigenvalue weighted by molar-refractivity contribution is 5.79. The van der Waals surface area contributed by atoms with Crippen molar-refractivity contribution in [2.24, 2.45) is 5.92 Å². The highest BCUT2D eigenvalue weighted by Gasteiger charge is 2.32. The molecule has 4 rings (SSSR count). The SMILES string of the molecule is CN1CCCC(C(=O)NCC2CN3CCN2CC3)C1. The Hall–Kier alpha value is -0.650. The first kappa shape index (κ1) is 13.3. The van der Waals surface area contributed by atoms with Gasteiger partial charge in [0.1, 0.15) is 0 Å². The van der Waals surface area contributed by atoms with Gasteiger partial charge in [0, 0.05) is 51.9 Å². The maximum absolute atomic E-state index is 12.2. The van der Waals surface area contributed by atoms with Crippen LogP contribution < -0.4 is 5.32 Å². The minimum atomic E-state index is 0.204. The van der Waals surface area contributed by atoms with E-state index in [-0.39, 0.29) is 11.8 Å². The van der Waals surface area contributed by atoms with Crippen molar-refractivity contribution >= 4 is 5.91 Å². The molecule has 0 saturated carbocycles. The Kier molecular flexibility index (Phi) is 4.05. The van der Waals surface area contributed by atoms with E-state index in [1.54, 1.807) is 0 Å². The van der Waals surface area contributed by atoms with Gasteiger partial charge in [0.2, 0.25) is 5.91 Å². The van der Waals surface area contributed by atoms with Crippen LogP contribution in [-0.4, -0.2) is 86.1 Å². The Morgan fingerprint density at radius 2 is 1.95 bits per heavy atom. The molecule has 2 unspecified atom stereocenters. The molecule has 0 aliphatic carbocycles. The summed E-state index contributed by atoms with van der Waals surface area (Å²) in [6.45, 7) is 8.77. The molecule has 0 aromatic rings. The van der Waals surface area contributed by atoms with Crippen LogP contribution >= 0.6 is 0 Å². The minimum absolute atomic E-state index is 0.204. The van der Waals surface area contributed by atoms with E-state index in [0.717, 1.165) is 39.0 Å². The number of piperidine rings is 1. The Morgan fingerprint density at radius 1 is 1.16 bits per heavy atom. The van der Waals surface area contributed by atoms with Crippen molar-refractivity contribution in [1.29, 1.82) is 0 Å². The minimum Gasteiger partial charge on any atom is -0.354 e. The number of carbonyl (C=O) groups is 1. The number of carbonyl (C=O) groups excluding carboxylic acids is 1. The quantitative estimate of drug-likeness (QED) is 0.743. The summed E-state index contributed by atoms with van der Waals surface area (Å²) in [4.78, 5) is 19.5. The number of fused-ring (bicyclic) bond motifs is 3. The van der Waals surface area contributed by atoms with Crippen molar-refractivity contribution in [1.82, 2.24) is 20.0 Å². The summed E-state index contributed by atoms with van der Waals surface area (Å²) in [6.07, 6.45) is 2.20. The van der Waals surface area contributed by atoms with E-state index in [9.17, 15) is 4.79 Å². The van der Waals surface area contributed by atoms with Crippen LogP contribution in [0.1, 0.15) is 12.8 Å². The lowest BCUT2D eigenvalue weighted by Crippen LogP contribution is -2.63. The summed E-state index contributed by atoms with van der Waals surface area (Å²) in [6, 6.07) is 0.535. The molecule has 5 nitrogen and oxygen atoms in total. The molecule has 4 fully saturated rings. The molecule has 5 heteroatoms. The average Bonchev–Trinajstić information content (AvgIpc) is 2.46. The number of nitrogens with zero attached hydrogens (tertiary/aromatic N) is 3. The van der Waals surface area contributed by atoms with Gasteiger partial charge in [-0.05, 0) is 26.4 Å². The number of piperazine rings is 3. The molecular weight excluding hydrogens is 240 g/mol. The fourth-order valence-corrected chi connectivity index (χ4v) is 3.66. The van der Waals surface area contributed by atoms with Crippen molar-refractivity contribution in [2.75, 3.05) is 59.4 Å². The molecule has 2 bridgehead atoms. The van der Waals surface area contributed by atoms with E-state index < -0.39 is 0 Å². The number of rotatable bonds is 3. The summed E-state index contributed by atoms with van der Waals surface area (Å²) < 4.78 is 0. The van der Waals surface area contributed by atoms with Gasteiger partial charge < -0.3 is 10.2 Å². The van der Waals surface area contributed by atoms with Gasteiger partial charge in [0.15, 0.2) is 0 Å². The Labute approximate surface area is 115 Å². The molecule has 4 aliphatic rings. The first-order valence-electron chi connectivity index (χ1n) is 7.65. The van der Waals surface area contributed by atoms with Crippen molar-refractivity contribution in [3.63, 3.8) is 0 Å². The van der Waals surface area contributed by atoms with Crippen molar-refractivity contribution in [2.45, 2.75) is 18.9 Å². The Morgan fingerprint density at radius 3 is 2.58 bits per heavy atom. The van der Waals surface area contributed by atoms with Crippen LogP contribution in [0.4, 0.5) is 0 Å². The molecule has 1 amide bonds. The maximum atomic E-state index is 12.2. The van der Waals surface area contributed by atoms with E-state index >= 15 is 0 Å². The Bertz CT molecular complexity index is 327. The fourth-order valence-electron chi connectivity index (χ4n) is 3.66. The van der Waals surface area contributed by atoms with Crippen LogP contribution in [-0.2, 0) is 4.79 Å². The largest absolute Gasteiger partial charge is 0.354 e. The van der Waals surface area contributed by atoms with Gasteiger partial charge in [-0.15, -0.1) is 0 Å².